The normalized spacial score (nSPS) is 10.6. The lowest BCUT2D eigenvalue weighted by atomic mass is 10.2. The number of carbonyl (C=O) groups is 1. The van der Waals surface area contributed by atoms with Gasteiger partial charge in [-0.15, -0.1) is 0 Å². The fraction of sp³-hybridized carbons (Fsp3) is 0.118. The largest absolute Gasteiger partial charge is 0.438 e. The second-order valence-corrected chi connectivity index (χ2v) is 5.14. The first-order valence-corrected chi connectivity index (χ1v) is 6.95. The van der Waals surface area contributed by atoms with Gasteiger partial charge in [-0.05, 0) is 36.4 Å². The zero-order chi connectivity index (χ0) is 16.4. The Kier molecular flexibility index (Phi) is 3.89. The molecule has 1 heterocycles. The average Bonchev–Trinajstić information content (AvgIpc) is 2.56. The molecule has 6 heteroatoms. The predicted molar refractivity (Wildman–Crippen MR) is 84.0 cm³/mol. The predicted octanol–water partition coefficient (Wildman–Crippen LogP) is 3.26. The summed E-state index contributed by atoms with van der Waals surface area (Å²) in [5.74, 6) is 0.249. The number of rotatable bonds is 3. The third-order valence-electron chi connectivity index (χ3n) is 3.30. The van der Waals surface area contributed by atoms with Crippen LogP contribution in [0.15, 0.2) is 48.8 Å². The number of carbonyl (C=O) groups excluding carboxylic acids is 1. The van der Waals surface area contributed by atoms with E-state index in [-0.39, 0.29) is 17.3 Å². The first-order chi connectivity index (χ1) is 11.1. The van der Waals surface area contributed by atoms with Crippen LogP contribution in [0.1, 0.15) is 10.4 Å². The first-order valence-electron chi connectivity index (χ1n) is 6.95. The van der Waals surface area contributed by atoms with Crippen LogP contribution in [0.5, 0.6) is 11.6 Å². The fourth-order valence-electron chi connectivity index (χ4n) is 2.14. The summed E-state index contributed by atoms with van der Waals surface area (Å²) in [6.45, 7) is 0. The van der Waals surface area contributed by atoms with E-state index >= 15 is 0 Å². The molecule has 1 amide bonds. The van der Waals surface area contributed by atoms with Crippen LogP contribution in [0.2, 0.25) is 0 Å². The minimum Gasteiger partial charge on any atom is -0.438 e. The van der Waals surface area contributed by atoms with Crippen molar-refractivity contribution in [2.75, 3.05) is 14.1 Å². The molecular formula is C17H14FN3O2. The highest BCUT2D eigenvalue weighted by Gasteiger charge is 2.11. The van der Waals surface area contributed by atoms with Crippen molar-refractivity contribution in [3.63, 3.8) is 0 Å². The van der Waals surface area contributed by atoms with Crippen molar-refractivity contribution in [2.24, 2.45) is 0 Å². The molecule has 0 bridgehead atoms. The van der Waals surface area contributed by atoms with E-state index in [2.05, 4.69) is 9.97 Å². The Morgan fingerprint density at radius 2 is 1.83 bits per heavy atom. The minimum atomic E-state index is -0.429. The Hall–Kier alpha value is -3.02. The number of amides is 1. The van der Waals surface area contributed by atoms with Crippen LogP contribution in [0.4, 0.5) is 4.39 Å². The van der Waals surface area contributed by atoms with Crippen LogP contribution in [-0.4, -0.2) is 34.9 Å². The maximum absolute atomic E-state index is 13.7. The molecule has 0 aliphatic heterocycles. The number of hydrogen-bond acceptors (Lipinski definition) is 4. The fourth-order valence-corrected chi connectivity index (χ4v) is 2.14. The molecule has 2 aromatic carbocycles. The van der Waals surface area contributed by atoms with Gasteiger partial charge in [-0.25, -0.2) is 14.4 Å². The lowest BCUT2D eigenvalue weighted by Crippen LogP contribution is -2.21. The van der Waals surface area contributed by atoms with Crippen LogP contribution in [-0.2, 0) is 0 Å². The Balaban J connectivity index is 1.91. The van der Waals surface area contributed by atoms with E-state index in [1.54, 1.807) is 50.5 Å². The van der Waals surface area contributed by atoms with E-state index in [4.69, 9.17) is 4.74 Å². The van der Waals surface area contributed by atoms with Gasteiger partial charge in [0, 0.05) is 19.7 Å². The van der Waals surface area contributed by atoms with Gasteiger partial charge in [0.15, 0.2) is 0 Å². The molecule has 0 spiro atoms. The number of hydrogen-bond donors (Lipinski definition) is 0. The SMILES string of the molecule is CN(C)C(=O)c1ccc(Oc2ncnc3c(F)cccc23)cc1. The molecule has 0 saturated carbocycles. The average molecular weight is 311 g/mol. The van der Waals surface area contributed by atoms with Crippen LogP contribution in [0.25, 0.3) is 10.9 Å². The minimum absolute atomic E-state index is 0.0916. The second-order valence-electron chi connectivity index (χ2n) is 5.14. The van der Waals surface area contributed by atoms with Gasteiger partial charge < -0.3 is 9.64 Å². The van der Waals surface area contributed by atoms with Crippen LogP contribution < -0.4 is 4.74 Å². The van der Waals surface area contributed by atoms with E-state index in [1.807, 2.05) is 0 Å². The molecule has 5 nitrogen and oxygen atoms in total. The second kappa shape index (κ2) is 6.00. The van der Waals surface area contributed by atoms with Crippen LogP contribution >= 0.6 is 0 Å². The van der Waals surface area contributed by atoms with Crippen LogP contribution in [0.3, 0.4) is 0 Å². The molecule has 0 radical (unpaired) electrons. The first kappa shape index (κ1) is 14.9. The summed E-state index contributed by atoms with van der Waals surface area (Å²) in [5, 5.41) is 0.487. The lowest BCUT2D eigenvalue weighted by molar-refractivity contribution is 0.0827. The molecule has 0 aliphatic rings. The summed E-state index contributed by atoms with van der Waals surface area (Å²) in [7, 11) is 3.38. The smallest absolute Gasteiger partial charge is 0.253 e. The molecule has 3 rings (SSSR count). The molecule has 0 fully saturated rings. The quantitative estimate of drug-likeness (QED) is 0.745. The van der Waals surface area contributed by atoms with Gasteiger partial charge in [0.1, 0.15) is 23.4 Å². The molecule has 0 atom stereocenters. The molecule has 0 aliphatic carbocycles. The van der Waals surface area contributed by atoms with Crippen molar-refractivity contribution < 1.29 is 13.9 Å². The number of halogens is 1. The summed E-state index contributed by atoms with van der Waals surface area (Å²) < 4.78 is 19.4. The zero-order valence-corrected chi connectivity index (χ0v) is 12.7. The molecule has 3 aromatic rings. The molecule has 23 heavy (non-hydrogen) atoms. The van der Waals surface area contributed by atoms with Crippen LogP contribution in [0, 0.1) is 5.82 Å². The Morgan fingerprint density at radius 1 is 1.09 bits per heavy atom. The van der Waals surface area contributed by atoms with E-state index < -0.39 is 5.82 Å². The third kappa shape index (κ3) is 2.96. The van der Waals surface area contributed by atoms with Gasteiger partial charge in [0.05, 0.1) is 5.39 Å². The van der Waals surface area contributed by atoms with Crippen molar-refractivity contribution >= 4 is 16.8 Å². The highest BCUT2D eigenvalue weighted by molar-refractivity contribution is 5.94. The van der Waals surface area contributed by atoms with E-state index in [0.29, 0.717) is 16.7 Å². The molecule has 1 aromatic heterocycles. The van der Waals surface area contributed by atoms with Gasteiger partial charge in [0.2, 0.25) is 5.88 Å². The maximum Gasteiger partial charge on any atom is 0.253 e. The number of para-hydroxylation sites is 1. The standard InChI is InChI=1S/C17H14FN3O2/c1-21(2)17(22)11-6-8-12(9-7-11)23-16-13-4-3-5-14(18)15(13)19-10-20-16/h3-10H,1-2H3. The monoisotopic (exact) mass is 311 g/mol. The highest BCUT2D eigenvalue weighted by Crippen LogP contribution is 2.27. The number of ether oxygens (including phenoxy) is 1. The van der Waals surface area contributed by atoms with Gasteiger partial charge in [-0.3, -0.25) is 4.79 Å². The maximum atomic E-state index is 13.7. The van der Waals surface area contributed by atoms with Gasteiger partial charge in [-0.2, -0.15) is 0 Å². The zero-order valence-electron chi connectivity index (χ0n) is 12.7. The van der Waals surface area contributed by atoms with Gasteiger partial charge >= 0.3 is 0 Å². The van der Waals surface area contributed by atoms with Crippen molar-refractivity contribution in [1.82, 2.24) is 14.9 Å². The van der Waals surface area contributed by atoms with Gasteiger partial charge in [-0.1, -0.05) is 6.07 Å². The number of fused-ring (bicyclic) bond motifs is 1. The van der Waals surface area contributed by atoms with Crippen molar-refractivity contribution in [1.29, 1.82) is 0 Å². The molecule has 116 valence electrons. The molecule has 0 N–H and O–H groups in total. The molecule has 0 unspecified atom stereocenters. The van der Waals surface area contributed by atoms with Crippen molar-refractivity contribution in [3.05, 3.63) is 60.2 Å². The summed E-state index contributed by atoms with van der Waals surface area (Å²) in [5.41, 5.74) is 0.762. The summed E-state index contributed by atoms with van der Waals surface area (Å²) in [6, 6.07) is 11.3. The number of aromatic nitrogens is 2. The molecular weight excluding hydrogens is 297 g/mol. The van der Waals surface area contributed by atoms with E-state index in [9.17, 15) is 9.18 Å². The number of benzene rings is 2. The summed E-state index contributed by atoms with van der Waals surface area (Å²) >= 11 is 0. The Morgan fingerprint density at radius 3 is 2.52 bits per heavy atom. The van der Waals surface area contributed by atoms with Crippen molar-refractivity contribution in [3.8, 4) is 11.6 Å². The van der Waals surface area contributed by atoms with E-state index in [1.165, 1.54) is 17.3 Å². The summed E-state index contributed by atoms with van der Waals surface area (Å²) in [6.07, 6.45) is 1.25. The van der Waals surface area contributed by atoms with Gasteiger partial charge in [0.25, 0.3) is 5.91 Å². The lowest BCUT2D eigenvalue weighted by Gasteiger charge is -2.11. The van der Waals surface area contributed by atoms with E-state index in [0.717, 1.165) is 0 Å². The molecule has 0 saturated heterocycles. The Labute approximate surface area is 132 Å². The number of nitrogens with zero attached hydrogens (tertiary/aromatic N) is 3. The Bertz CT molecular complexity index is 863. The summed E-state index contributed by atoms with van der Waals surface area (Å²) in [4.78, 5) is 21.3. The topological polar surface area (TPSA) is 55.3 Å². The van der Waals surface area contributed by atoms with Crippen molar-refractivity contribution in [2.45, 2.75) is 0 Å². The third-order valence-corrected chi connectivity index (χ3v) is 3.30. The highest BCUT2D eigenvalue weighted by atomic mass is 19.1.